The fraction of sp³-hybridized carbons (Fsp3) is 0.263. The molecule has 0 fully saturated rings. The molecule has 120 valence electrons. The first kappa shape index (κ1) is 16.7. The summed E-state index contributed by atoms with van der Waals surface area (Å²) < 4.78 is 0. The lowest BCUT2D eigenvalue weighted by molar-refractivity contribution is -0.148. The van der Waals surface area contributed by atoms with E-state index in [9.17, 15) is 14.7 Å². The smallest absolute Gasteiger partial charge is 0.334 e. The van der Waals surface area contributed by atoms with Gasteiger partial charge in [0.05, 0.1) is 5.92 Å². The van der Waals surface area contributed by atoms with Crippen molar-refractivity contribution in [3.8, 4) is 0 Å². The maximum atomic E-state index is 12.6. The van der Waals surface area contributed by atoms with Crippen LogP contribution in [0.1, 0.15) is 37.3 Å². The van der Waals surface area contributed by atoms with Gasteiger partial charge in [0, 0.05) is 0 Å². The molecule has 0 aliphatic rings. The topological polar surface area (TPSA) is 66.4 Å². The molecule has 2 rings (SSSR count). The molecule has 0 radical (unpaired) electrons. The van der Waals surface area contributed by atoms with Crippen molar-refractivity contribution in [3.63, 3.8) is 0 Å². The van der Waals surface area contributed by atoms with Crippen molar-refractivity contribution in [2.24, 2.45) is 0 Å². The molecule has 0 spiro atoms. The molecule has 0 heterocycles. The number of aliphatic carboxylic acids is 1. The molecule has 2 aromatic rings. The lowest BCUT2D eigenvalue weighted by Crippen LogP contribution is -2.52. The Labute approximate surface area is 136 Å². The summed E-state index contributed by atoms with van der Waals surface area (Å²) in [6.45, 7) is 3.53. The third-order valence-electron chi connectivity index (χ3n) is 4.19. The molecule has 2 atom stereocenters. The van der Waals surface area contributed by atoms with Gasteiger partial charge in [-0.15, -0.1) is 0 Å². The summed E-state index contributed by atoms with van der Waals surface area (Å²) in [6, 6.07) is 18.1. The SMILES string of the molecule is CCC(NC(=O)[C@H](C)c1ccccc1)(C(=O)O)c1ccccc1. The molecule has 23 heavy (non-hydrogen) atoms. The maximum absolute atomic E-state index is 12.6. The summed E-state index contributed by atoms with van der Waals surface area (Å²) in [5.41, 5.74) is 0.0125. The zero-order chi connectivity index (χ0) is 16.9. The molecular weight excluding hydrogens is 290 g/mol. The Morgan fingerprint density at radius 2 is 1.57 bits per heavy atom. The number of amides is 1. The van der Waals surface area contributed by atoms with Crippen molar-refractivity contribution in [3.05, 3.63) is 71.8 Å². The zero-order valence-electron chi connectivity index (χ0n) is 13.3. The van der Waals surface area contributed by atoms with E-state index in [1.165, 1.54) is 0 Å². The summed E-state index contributed by atoms with van der Waals surface area (Å²) in [5, 5.41) is 12.5. The summed E-state index contributed by atoms with van der Waals surface area (Å²) in [4.78, 5) is 24.6. The van der Waals surface area contributed by atoms with Crippen LogP contribution >= 0.6 is 0 Å². The number of carboxylic acid groups (broad SMARTS) is 1. The Morgan fingerprint density at radius 1 is 1.04 bits per heavy atom. The van der Waals surface area contributed by atoms with Gasteiger partial charge in [-0.25, -0.2) is 4.79 Å². The average molecular weight is 311 g/mol. The van der Waals surface area contributed by atoms with Crippen molar-refractivity contribution in [1.29, 1.82) is 0 Å². The number of carbonyl (C=O) groups is 2. The van der Waals surface area contributed by atoms with Gasteiger partial charge in [-0.1, -0.05) is 67.6 Å². The predicted molar refractivity (Wildman–Crippen MR) is 89.0 cm³/mol. The second-order valence-corrected chi connectivity index (χ2v) is 5.55. The van der Waals surface area contributed by atoms with Crippen LogP contribution in [0.25, 0.3) is 0 Å². The average Bonchev–Trinajstić information content (AvgIpc) is 2.60. The molecule has 1 amide bonds. The van der Waals surface area contributed by atoms with Gasteiger partial charge in [0.25, 0.3) is 0 Å². The first-order chi connectivity index (χ1) is 11.0. The van der Waals surface area contributed by atoms with E-state index in [0.29, 0.717) is 5.56 Å². The van der Waals surface area contributed by atoms with Crippen LogP contribution in [0.2, 0.25) is 0 Å². The predicted octanol–water partition coefficient (Wildman–Crippen LogP) is 3.30. The summed E-state index contributed by atoms with van der Waals surface area (Å²) in [7, 11) is 0. The minimum Gasteiger partial charge on any atom is -0.479 e. The van der Waals surface area contributed by atoms with Crippen LogP contribution in [-0.2, 0) is 15.1 Å². The van der Waals surface area contributed by atoms with Crippen molar-refractivity contribution < 1.29 is 14.7 Å². The van der Waals surface area contributed by atoms with Gasteiger partial charge in [-0.3, -0.25) is 4.79 Å². The van der Waals surface area contributed by atoms with E-state index in [4.69, 9.17) is 0 Å². The Morgan fingerprint density at radius 3 is 2.04 bits per heavy atom. The Hall–Kier alpha value is -2.62. The van der Waals surface area contributed by atoms with E-state index in [-0.39, 0.29) is 12.3 Å². The van der Waals surface area contributed by atoms with Crippen LogP contribution in [0.4, 0.5) is 0 Å². The molecule has 0 saturated carbocycles. The largest absolute Gasteiger partial charge is 0.479 e. The maximum Gasteiger partial charge on any atom is 0.334 e. The minimum absolute atomic E-state index is 0.263. The van der Waals surface area contributed by atoms with E-state index < -0.39 is 17.4 Å². The second-order valence-electron chi connectivity index (χ2n) is 5.55. The van der Waals surface area contributed by atoms with Gasteiger partial charge < -0.3 is 10.4 Å². The highest BCUT2D eigenvalue weighted by atomic mass is 16.4. The summed E-state index contributed by atoms with van der Waals surface area (Å²) >= 11 is 0. The van der Waals surface area contributed by atoms with Gasteiger partial charge in [-0.05, 0) is 24.5 Å². The van der Waals surface area contributed by atoms with Crippen LogP contribution < -0.4 is 5.32 Å². The van der Waals surface area contributed by atoms with Crippen LogP contribution in [0.3, 0.4) is 0 Å². The van der Waals surface area contributed by atoms with Crippen LogP contribution in [0, 0.1) is 0 Å². The molecule has 1 unspecified atom stereocenters. The number of hydrogen-bond acceptors (Lipinski definition) is 2. The minimum atomic E-state index is -1.42. The number of carbonyl (C=O) groups excluding carboxylic acids is 1. The lowest BCUT2D eigenvalue weighted by Gasteiger charge is -2.31. The second kappa shape index (κ2) is 7.09. The fourth-order valence-corrected chi connectivity index (χ4v) is 2.63. The highest BCUT2D eigenvalue weighted by Crippen LogP contribution is 2.27. The molecule has 4 nitrogen and oxygen atoms in total. The molecule has 0 aliphatic carbocycles. The van der Waals surface area contributed by atoms with Crippen LogP contribution in [0.15, 0.2) is 60.7 Å². The molecule has 2 aromatic carbocycles. The molecule has 4 heteroatoms. The van der Waals surface area contributed by atoms with Crippen LogP contribution in [-0.4, -0.2) is 17.0 Å². The van der Waals surface area contributed by atoms with E-state index in [1.54, 1.807) is 38.1 Å². The van der Waals surface area contributed by atoms with Gasteiger partial charge in [0.15, 0.2) is 5.54 Å². The highest BCUT2D eigenvalue weighted by molar-refractivity contribution is 5.91. The zero-order valence-corrected chi connectivity index (χ0v) is 13.3. The first-order valence-electron chi connectivity index (χ1n) is 7.67. The third-order valence-corrected chi connectivity index (χ3v) is 4.19. The Bertz CT molecular complexity index is 670. The number of carboxylic acids is 1. The van der Waals surface area contributed by atoms with Gasteiger partial charge in [0.1, 0.15) is 0 Å². The number of nitrogens with one attached hydrogen (secondary N) is 1. The Kier molecular flexibility index (Phi) is 5.16. The van der Waals surface area contributed by atoms with Crippen molar-refractivity contribution in [1.82, 2.24) is 5.32 Å². The Balaban J connectivity index is 2.32. The molecule has 2 N–H and O–H groups in total. The van der Waals surface area contributed by atoms with Gasteiger partial charge in [0.2, 0.25) is 5.91 Å². The van der Waals surface area contributed by atoms with Gasteiger partial charge >= 0.3 is 5.97 Å². The quantitative estimate of drug-likeness (QED) is 0.860. The summed E-state index contributed by atoms with van der Waals surface area (Å²) in [5.74, 6) is -1.78. The summed E-state index contributed by atoms with van der Waals surface area (Å²) in [6.07, 6.45) is 0.263. The number of hydrogen-bond donors (Lipinski definition) is 2. The van der Waals surface area contributed by atoms with Crippen molar-refractivity contribution >= 4 is 11.9 Å². The van der Waals surface area contributed by atoms with Crippen molar-refractivity contribution in [2.45, 2.75) is 31.7 Å². The number of rotatable bonds is 6. The highest BCUT2D eigenvalue weighted by Gasteiger charge is 2.41. The van der Waals surface area contributed by atoms with Crippen molar-refractivity contribution in [2.75, 3.05) is 0 Å². The van der Waals surface area contributed by atoms with Crippen LogP contribution in [0.5, 0.6) is 0 Å². The molecule has 0 saturated heterocycles. The monoisotopic (exact) mass is 311 g/mol. The standard InChI is InChI=1S/C19H21NO3/c1-3-19(18(22)23,16-12-8-5-9-13-16)20-17(21)14(2)15-10-6-4-7-11-15/h4-14H,3H2,1-2H3,(H,20,21)(H,22,23)/t14-,19?/m1/s1. The molecule has 0 aromatic heterocycles. The molecule has 0 bridgehead atoms. The first-order valence-corrected chi connectivity index (χ1v) is 7.67. The van der Waals surface area contributed by atoms with E-state index in [1.807, 2.05) is 36.4 Å². The third kappa shape index (κ3) is 3.42. The fourth-order valence-electron chi connectivity index (χ4n) is 2.63. The van der Waals surface area contributed by atoms with E-state index in [0.717, 1.165) is 5.56 Å². The molecular formula is C19H21NO3. The van der Waals surface area contributed by atoms with Gasteiger partial charge in [-0.2, -0.15) is 0 Å². The normalized spacial score (nSPS) is 14.5. The number of benzene rings is 2. The van der Waals surface area contributed by atoms with E-state index >= 15 is 0 Å². The lowest BCUT2D eigenvalue weighted by atomic mass is 9.86. The molecule has 0 aliphatic heterocycles. The van der Waals surface area contributed by atoms with E-state index in [2.05, 4.69) is 5.32 Å².